The van der Waals surface area contributed by atoms with Gasteiger partial charge >= 0.3 is 0 Å². The summed E-state index contributed by atoms with van der Waals surface area (Å²) >= 11 is 0. The molecule has 1 aromatic heterocycles. The Morgan fingerprint density at radius 1 is 1.40 bits per heavy atom. The highest BCUT2D eigenvalue weighted by Gasteiger charge is 2.20. The molecule has 20 heavy (non-hydrogen) atoms. The molecule has 0 fully saturated rings. The molecule has 2 nitrogen and oxygen atoms in total. The molecule has 0 saturated carbocycles. The number of hydrogen-bond acceptors (Lipinski definition) is 1. The van der Waals surface area contributed by atoms with E-state index in [9.17, 15) is 0 Å². The van der Waals surface area contributed by atoms with Gasteiger partial charge in [-0.2, -0.15) is 5.10 Å². The molecule has 0 aliphatic carbocycles. The highest BCUT2D eigenvalue weighted by Crippen LogP contribution is 2.25. The van der Waals surface area contributed by atoms with Crippen LogP contribution in [0.25, 0.3) is 0 Å². The van der Waals surface area contributed by atoms with Crippen LogP contribution in [0.15, 0.2) is 30.9 Å². The van der Waals surface area contributed by atoms with Crippen molar-refractivity contribution in [1.29, 1.82) is 0 Å². The summed E-state index contributed by atoms with van der Waals surface area (Å²) in [5.41, 5.74) is 3.74. The molecular weight excluding hydrogens is 244 g/mol. The third kappa shape index (κ3) is 6.23. The lowest BCUT2D eigenvalue weighted by Crippen LogP contribution is -2.13. The van der Waals surface area contributed by atoms with Crippen molar-refractivity contribution in [2.75, 3.05) is 0 Å². The molecule has 0 spiro atoms. The maximum atomic E-state index is 4.71. The molecule has 0 bridgehead atoms. The minimum Gasteiger partial charge on any atom is -0.269 e. The van der Waals surface area contributed by atoms with Gasteiger partial charge in [0.25, 0.3) is 0 Å². The number of nitrogens with zero attached hydrogens (tertiary/aromatic N) is 2. The van der Waals surface area contributed by atoms with Crippen molar-refractivity contribution in [3.63, 3.8) is 0 Å². The van der Waals surface area contributed by atoms with Crippen LogP contribution < -0.4 is 0 Å². The smallest absolute Gasteiger partial charge is 0.0680 e. The number of hydrogen-bond donors (Lipinski definition) is 0. The van der Waals surface area contributed by atoms with Gasteiger partial charge in [-0.1, -0.05) is 66.3 Å². The Balaban J connectivity index is 0.000000621. The van der Waals surface area contributed by atoms with Gasteiger partial charge in [0, 0.05) is 17.7 Å². The summed E-state index contributed by atoms with van der Waals surface area (Å²) in [6.45, 7) is 23.3. The van der Waals surface area contributed by atoms with Crippen molar-refractivity contribution in [3.05, 3.63) is 42.3 Å². The molecule has 0 atom stereocenters. The molecule has 0 amide bonds. The summed E-state index contributed by atoms with van der Waals surface area (Å²) in [6, 6.07) is 2.26. The van der Waals surface area contributed by atoms with Crippen LogP contribution >= 0.6 is 0 Å². The first kappa shape index (κ1) is 18.7. The molecular formula is C18H32N2. The second kappa shape index (κ2) is 8.08. The van der Waals surface area contributed by atoms with Crippen LogP contribution in [0, 0.1) is 0 Å². The van der Waals surface area contributed by atoms with Gasteiger partial charge in [-0.15, -0.1) is 0 Å². The molecule has 1 heterocycles. The Kier molecular flexibility index (Phi) is 7.55. The van der Waals surface area contributed by atoms with Gasteiger partial charge in [-0.25, -0.2) is 0 Å². The topological polar surface area (TPSA) is 17.8 Å². The zero-order valence-corrected chi connectivity index (χ0v) is 14.5. The fraction of sp³-hybridized carbons (Fsp3) is 0.611. The van der Waals surface area contributed by atoms with E-state index in [0.717, 1.165) is 18.5 Å². The average Bonchev–Trinajstić information content (AvgIpc) is 2.74. The maximum Gasteiger partial charge on any atom is 0.0680 e. The van der Waals surface area contributed by atoms with Crippen LogP contribution in [-0.4, -0.2) is 9.78 Å². The van der Waals surface area contributed by atoms with Crippen molar-refractivity contribution >= 4 is 0 Å². The lowest BCUT2D eigenvalue weighted by Gasteiger charge is -2.14. The number of rotatable bonds is 4. The van der Waals surface area contributed by atoms with E-state index in [1.807, 2.05) is 6.92 Å². The lowest BCUT2D eigenvalue weighted by atomic mass is 9.92. The highest BCUT2D eigenvalue weighted by molar-refractivity contribution is 5.19. The van der Waals surface area contributed by atoms with E-state index in [-0.39, 0.29) is 5.41 Å². The van der Waals surface area contributed by atoms with Crippen molar-refractivity contribution in [3.8, 4) is 0 Å². The van der Waals surface area contributed by atoms with Gasteiger partial charge < -0.3 is 0 Å². The van der Waals surface area contributed by atoms with Crippen LogP contribution in [0.3, 0.4) is 0 Å². The van der Waals surface area contributed by atoms with Crippen molar-refractivity contribution in [1.82, 2.24) is 9.78 Å². The second-order valence-corrected chi connectivity index (χ2v) is 6.63. The summed E-state index contributed by atoms with van der Waals surface area (Å²) < 4.78 is 2.17. The van der Waals surface area contributed by atoms with Gasteiger partial charge in [0.15, 0.2) is 0 Å². The molecule has 0 saturated heterocycles. The van der Waals surface area contributed by atoms with Crippen molar-refractivity contribution < 1.29 is 0 Å². The second-order valence-electron chi connectivity index (χ2n) is 6.63. The van der Waals surface area contributed by atoms with Crippen molar-refractivity contribution in [2.24, 2.45) is 0 Å². The average molecular weight is 276 g/mol. The molecule has 0 aliphatic rings. The Bertz CT molecular complexity index is 431. The minimum absolute atomic E-state index is 0.155. The fourth-order valence-corrected chi connectivity index (χ4v) is 1.65. The van der Waals surface area contributed by atoms with Crippen LogP contribution in [0.4, 0.5) is 0 Å². The molecule has 0 N–H and O–H groups in total. The summed E-state index contributed by atoms with van der Waals surface area (Å²) in [7, 11) is 0. The van der Waals surface area contributed by atoms with Gasteiger partial charge in [0.1, 0.15) is 0 Å². The van der Waals surface area contributed by atoms with Crippen LogP contribution in [0.5, 0.6) is 0 Å². The first-order valence-corrected chi connectivity index (χ1v) is 7.49. The molecule has 2 heteroatoms. The molecule has 1 rings (SSSR count). The molecule has 0 radical (unpaired) electrons. The Labute approximate surface area is 125 Å². The van der Waals surface area contributed by atoms with E-state index < -0.39 is 0 Å². The fourth-order valence-electron chi connectivity index (χ4n) is 1.65. The van der Waals surface area contributed by atoms with Gasteiger partial charge in [-0.3, -0.25) is 4.68 Å². The van der Waals surface area contributed by atoms with Gasteiger partial charge in [0.2, 0.25) is 0 Å². The molecule has 0 aromatic carbocycles. The van der Waals surface area contributed by atoms with E-state index >= 15 is 0 Å². The number of allylic oxidation sites excluding steroid dienone is 2. The van der Waals surface area contributed by atoms with Crippen LogP contribution in [-0.2, 0) is 12.0 Å². The Hall–Kier alpha value is -1.31. The highest BCUT2D eigenvalue weighted by atomic mass is 15.3. The maximum absolute atomic E-state index is 4.71. The normalized spacial score (nSPS) is 11.0. The first-order valence-electron chi connectivity index (χ1n) is 7.49. The predicted molar refractivity (Wildman–Crippen MR) is 90.3 cm³/mol. The molecule has 1 aromatic rings. The summed E-state index contributed by atoms with van der Waals surface area (Å²) in [4.78, 5) is 0. The van der Waals surface area contributed by atoms with E-state index in [4.69, 9.17) is 5.10 Å². The Morgan fingerprint density at radius 2 is 1.90 bits per heavy atom. The third-order valence-corrected chi connectivity index (χ3v) is 2.95. The van der Waals surface area contributed by atoms with E-state index in [0.29, 0.717) is 5.92 Å². The minimum atomic E-state index is 0.155. The zero-order valence-electron chi connectivity index (χ0n) is 14.5. The van der Waals surface area contributed by atoms with Gasteiger partial charge in [-0.05, 0) is 25.3 Å². The first-order chi connectivity index (χ1) is 9.13. The molecule has 0 aliphatic heterocycles. The quantitative estimate of drug-likeness (QED) is 0.667. The van der Waals surface area contributed by atoms with Crippen LogP contribution in [0.2, 0.25) is 0 Å². The third-order valence-electron chi connectivity index (χ3n) is 2.95. The largest absolute Gasteiger partial charge is 0.269 e. The SMILES string of the molecule is C=CC(=C)C.CCCn1nc(C(C)(C)C)cc1C(C)C. The zero-order chi connectivity index (χ0) is 15.9. The van der Waals surface area contributed by atoms with Crippen molar-refractivity contribution in [2.45, 2.75) is 72.8 Å². The van der Waals surface area contributed by atoms with E-state index in [1.54, 1.807) is 6.08 Å². The molecule has 0 unspecified atom stereocenters. The van der Waals surface area contributed by atoms with E-state index in [2.05, 4.69) is 65.4 Å². The summed E-state index contributed by atoms with van der Waals surface area (Å²) in [5, 5.41) is 4.71. The van der Waals surface area contributed by atoms with Crippen LogP contribution in [0.1, 0.15) is 72.2 Å². The number of aromatic nitrogens is 2. The van der Waals surface area contributed by atoms with Gasteiger partial charge in [0.05, 0.1) is 5.69 Å². The number of aryl methyl sites for hydroxylation is 1. The summed E-state index contributed by atoms with van der Waals surface area (Å²) in [5.74, 6) is 0.556. The predicted octanol–water partition coefficient (Wildman–Crippen LogP) is 5.46. The molecule has 114 valence electrons. The Morgan fingerprint density at radius 3 is 2.20 bits per heavy atom. The lowest BCUT2D eigenvalue weighted by molar-refractivity contribution is 0.515. The standard InChI is InChI=1S/C13H24N2.C5H8/c1-7-8-15-11(10(2)3)9-12(14-15)13(4,5)6;1-4-5(2)3/h9-10H,7-8H2,1-6H3;4H,1-2H2,3H3. The monoisotopic (exact) mass is 276 g/mol. The van der Waals surface area contributed by atoms with E-state index in [1.165, 1.54) is 11.4 Å². The summed E-state index contributed by atoms with van der Waals surface area (Å²) in [6.07, 6.45) is 2.87.